The molecule has 6 nitrogen and oxygen atoms in total. The zero-order valence-corrected chi connectivity index (χ0v) is 17.3. The van der Waals surface area contributed by atoms with Crippen molar-refractivity contribution in [1.29, 1.82) is 0 Å². The molecule has 25 heavy (non-hydrogen) atoms. The molecule has 1 heterocycles. The fraction of sp³-hybridized carbons (Fsp3) is 0.556. The lowest BCUT2D eigenvalue weighted by molar-refractivity contribution is -0.127. The molecule has 1 amide bonds. The highest BCUT2D eigenvalue weighted by atomic mass is 127. The first-order chi connectivity index (χ1) is 11.5. The van der Waals surface area contributed by atoms with E-state index in [0.29, 0.717) is 24.5 Å². The Bertz CT molecular complexity index is 635. The number of rotatable bonds is 4. The minimum atomic E-state index is -0.00711. The van der Waals surface area contributed by atoms with Crippen LogP contribution in [0, 0.1) is 5.92 Å². The summed E-state index contributed by atoms with van der Waals surface area (Å²) in [6.07, 6.45) is 2.02. The van der Waals surface area contributed by atoms with Gasteiger partial charge in [-0.05, 0) is 18.4 Å². The molecule has 1 fully saturated rings. The number of para-hydroxylation sites is 1. The molecule has 2 aliphatic rings. The molecule has 3 atom stereocenters. The zero-order chi connectivity index (χ0) is 17.1. The van der Waals surface area contributed by atoms with Crippen LogP contribution in [0.25, 0.3) is 0 Å². The highest BCUT2D eigenvalue weighted by molar-refractivity contribution is 14.0. The Labute approximate surface area is 166 Å². The number of ether oxygens (including phenoxy) is 1. The number of amides is 1. The van der Waals surface area contributed by atoms with Gasteiger partial charge in [0.15, 0.2) is 5.96 Å². The Morgan fingerprint density at radius 2 is 2.04 bits per heavy atom. The van der Waals surface area contributed by atoms with Crippen LogP contribution in [0.3, 0.4) is 0 Å². The number of hydrogen-bond donors (Lipinski definition) is 2. The monoisotopic (exact) mass is 458 g/mol. The van der Waals surface area contributed by atoms with Crippen molar-refractivity contribution in [2.24, 2.45) is 10.9 Å². The van der Waals surface area contributed by atoms with Crippen LogP contribution in [0.1, 0.15) is 31.4 Å². The fourth-order valence-electron chi connectivity index (χ4n) is 2.78. The van der Waals surface area contributed by atoms with E-state index in [2.05, 4.69) is 28.6 Å². The van der Waals surface area contributed by atoms with Gasteiger partial charge in [0, 0.05) is 32.1 Å². The molecule has 1 saturated carbocycles. The van der Waals surface area contributed by atoms with Gasteiger partial charge >= 0.3 is 0 Å². The second-order valence-corrected chi connectivity index (χ2v) is 6.79. The van der Waals surface area contributed by atoms with E-state index in [1.54, 1.807) is 19.0 Å². The molecular formula is C18H27IN4O2. The van der Waals surface area contributed by atoms with Crippen molar-refractivity contribution in [3.05, 3.63) is 29.8 Å². The zero-order valence-electron chi connectivity index (χ0n) is 15.0. The Hall–Kier alpha value is -1.51. The summed E-state index contributed by atoms with van der Waals surface area (Å²) in [6.45, 7) is 3.04. The smallest absolute Gasteiger partial charge is 0.243 e. The molecule has 3 rings (SSSR count). The summed E-state index contributed by atoms with van der Waals surface area (Å²) in [7, 11) is 3.49. The molecule has 0 spiro atoms. The van der Waals surface area contributed by atoms with Gasteiger partial charge in [0.2, 0.25) is 5.91 Å². The van der Waals surface area contributed by atoms with Crippen LogP contribution in [0.2, 0.25) is 0 Å². The number of likely N-dealkylation sites (N-methyl/N-ethyl adjacent to an activating group) is 1. The largest absolute Gasteiger partial charge is 0.493 e. The average Bonchev–Trinajstić information content (AvgIpc) is 3.27. The van der Waals surface area contributed by atoms with Gasteiger partial charge in [-0.15, -0.1) is 24.0 Å². The molecule has 0 radical (unpaired) electrons. The third kappa shape index (κ3) is 5.23. The Kier molecular flexibility index (Phi) is 6.92. The number of nitrogens with zero attached hydrogens (tertiary/aromatic N) is 2. The summed E-state index contributed by atoms with van der Waals surface area (Å²) in [4.78, 5) is 17.9. The van der Waals surface area contributed by atoms with Gasteiger partial charge in [-0.1, -0.05) is 25.1 Å². The van der Waals surface area contributed by atoms with Gasteiger partial charge in [0.1, 0.15) is 12.3 Å². The third-order valence-electron chi connectivity index (χ3n) is 4.57. The van der Waals surface area contributed by atoms with E-state index in [-0.39, 0.29) is 42.5 Å². The Morgan fingerprint density at radius 3 is 2.72 bits per heavy atom. The summed E-state index contributed by atoms with van der Waals surface area (Å²) in [5.41, 5.74) is 1.14. The summed E-state index contributed by atoms with van der Waals surface area (Å²) in [5, 5.41) is 6.93. The summed E-state index contributed by atoms with van der Waals surface area (Å²) in [5.74, 6) is 2.28. The first-order valence-electron chi connectivity index (χ1n) is 8.54. The molecule has 3 unspecified atom stereocenters. The topological polar surface area (TPSA) is 66.0 Å². The summed E-state index contributed by atoms with van der Waals surface area (Å²) >= 11 is 0. The lowest BCUT2D eigenvalue weighted by atomic mass is 10.0. The highest BCUT2D eigenvalue weighted by Crippen LogP contribution is 2.32. The Morgan fingerprint density at radius 1 is 1.32 bits per heavy atom. The molecule has 0 aromatic heterocycles. The van der Waals surface area contributed by atoms with E-state index in [1.165, 1.54) is 0 Å². The quantitative estimate of drug-likeness (QED) is 0.413. The van der Waals surface area contributed by atoms with Crippen LogP contribution in [0.5, 0.6) is 5.75 Å². The number of aliphatic imine (C=N–C) groups is 1. The molecule has 0 bridgehead atoms. The van der Waals surface area contributed by atoms with E-state index >= 15 is 0 Å². The molecule has 1 aliphatic carbocycles. The van der Waals surface area contributed by atoms with Gasteiger partial charge in [-0.25, -0.2) is 4.99 Å². The van der Waals surface area contributed by atoms with E-state index in [1.807, 2.05) is 18.2 Å². The minimum absolute atomic E-state index is 0. The van der Waals surface area contributed by atoms with Crippen molar-refractivity contribution in [3.63, 3.8) is 0 Å². The first kappa shape index (κ1) is 19.8. The highest BCUT2D eigenvalue weighted by Gasteiger charge is 2.34. The van der Waals surface area contributed by atoms with Gasteiger partial charge in [-0.2, -0.15) is 0 Å². The van der Waals surface area contributed by atoms with Crippen LogP contribution < -0.4 is 15.4 Å². The van der Waals surface area contributed by atoms with E-state index in [0.717, 1.165) is 24.2 Å². The maximum Gasteiger partial charge on any atom is 0.243 e. The third-order valence-corrected chi connectivity index (χ3v) is 4.57. The molecule has 0 saturated heterocycles. The van der Waals surface area contributed by atoms with Crippen LogP contribution >= 0.6 is 24.0 Å². The lowest BCUT2D eigenvalue weighted by Crippen LogP contribution is -2.43. The molecule has 1 aromatic rings. The Balaban J connectivity index is 0.00000225. The van der Waals surface area contributed by atoms with Crippen molar-refractivity contribution in [3.8, 4) is 5.75 Å². The van der Waals surface area contributed by atoms with Crippen LogP contribution in [-0.2, 0) is 4.79 Å². The van der Waals surface area contributed by atoms with E-state index in [9.17, 15) is 4.79 Å². The number of fused-ring (bicyclic) bond motifs is 1. The minimum Gasteiger partial charge on any atom is -0.493 e. The second-order valence-electron chi connectivity index (χ2n) is 6.79. The standard InChI is InChI=1S/C18H26N4O2.HI/c1-12-10-15(12)21-18(19-11-17(23)22(2)3)20-14-8-9-24-16-7-5-4-6-13(14)16;/h4-7,12,14-15H,8-11H2,1-3H3,(H2,19,20,21);1H. The number of guanidine groups is 1. The molecular weight excluding hydrogens is 431 g/mol. The second kappa shape index (κ2) is 8.73. The van der Waals surface area contributed by atoms with Crippen LogP contribution in [0.4, 0.5) is 0 Å². The normalized spacial score (nSPS) is 24.3. The summed E-state index contributed by atoms with van der Waals surface area (Å²) < 4.78 is 5.71. The number of hydrogen-bond acceptors (Lipinski definition) is 3. The van der Waals surface area contributed by atoms with Gasteiger partial charge in [0.05, 0.1) is 12.6 Å². The lowest BCUT2D eigenvalue weighted by Gasteiger charge is -2.28. The number of nitrogens with one attached hydrogen (secondary N) is 2. The van der Waals surface area contributed by atoms with E-state index in [4.69, 9.17) is 4.74 Å². The van der Waals surface area contributed by atoms with E-state index < -0.39 is 0 Å². The maximum absolute atomic E-state index is 11.8. The molecule has 138 valence electrons. The number of carbonyl (C=O) groups excluding carboxylic acids is 1. The van der Waals surface area contributed by atoms with Crippen molar-refractivity contribution >= 4 is 35.8 Å². The molecule has 2 N–H and O–H groups in total. The van der Waals surface area contributed by atoms with Crippen molar-refractivity contribution < 1.29 is 9.53 Å². The number of benzene rings is 1. The number of carbonyl (C=O) groups is 1. The van der Waals surface area contributed by atoms with Crippen LogP contribution in [-0.4, -0.2) is 50.1 Å². The van der Waals surface area contributed by atoms with Crippen LogP contribution in [0.15, 0.2) is 29.3 Å². The predicted molar refractivity (Wildman–Crippen MR) is 110 cm³/mol. The molecule has 1 aromatic carbocycles. The molecule has 1 aliphatic heterocycles. The maximum atomic E-state index is 11.8. The van der Waals surface area contributed by atoms with Gasteiger partial charge < -0.3 is 20.3 Å². The first-order valence-corrected chi connectivity index (χ1v) is 8.54. The fourth-order valence-corrected chi connectivity index (χ4v) is 2.78. The van der Waals surface area contributed by atoms with Gasteiger partial charge in [0.25, 0.3) is 0 Å². The SMILES string of the molecule is CC1CC1NC(=NCC(=O)N(C)C)NC1CCOc2ccccc21.I. The predicted octanol–water partition coefficient (Wildman–Crippen LogP) is 2.16. The summed E-state index contributed by atoms with van der Waals surface area (Å²) in [6, 6.07) is 8.66. The number of halogens is 1. The molecule has 7 heteroatoms. The van der Waals surface area contributed by atoms with Crippen molar-refractivity contribution in [2.75, 3.05) is 27.2 Å². The van der Waals surface area contributed by atoms with Gasteiger partial charge in [-0.3, -0.25) is 4.79 Å². The average molecular weight is 458 g/mol. The van der Waals surface area contributed by atoms with Crippen molar-refractivity contribution in [2.45, 2.75) is 31.8 Å². The van der Waals surface area contributed by atoms with Crippen molar-refractivity contribution in [1.82, 2.24) is 15.5 Å².